The van der Waals surface area contributed by atoms with Crippen LogP contribution in [0.1, 0.15) is 18.7 Å². The van der Waals surface area contributed by atoms with Gasteiger partial charge in [-0.05, 0) is 49.4 Å². The van der Waals surface area contributed by atoms with Crippen LogP contribution in [-0.4, -0.2) is 17.5 Å². The monoisotopic (exact) mass is 338 g/mol. The fourth-order valence-corrected chi connectivity index (χ4v) is 2.17. The Morgan fingerprint density at radius 2 is 1.92 bits per heavy atom. The minimum Gasteiger partial charge on any atom is -0.484 e. The second-order valence-electron chi connectivity index (χ2n) is 5.33. The molecular weight excluding hydrogens is 320 g/mol. The molecule has 1 aromatic carbocycles. The second kappa shape index (κ2) is 8.01. The molecule has 0 bridgehead atoms. The number of carbonyl (C=O) groups excluding carboxylic acids is 1. The molecule has 1 amide bonds. The summed E-state index contributed by atoms with van der Waals surface area (Å²) in [5.41, 5.74) is 0. The van der Waals surface area contributed by atoms with Gasteiger partial charge < -0.3 is 19.2 Å². The topological polar surface area (TPSA) is 73.6 Å². The Kier molecular flexibility index (Phi) is 5.31. The number of nitrogens with zero attached hydrogens (tertiary/aromatic N) is 1. The number of rotatable bonds is 7. The quantitative estimate of drug-likeness (QED) is 0.711. The number of hydrogen-bond acceptors (Lipinski definition) is 5. The summed E-state index contributed by atoms with van der Waals surface area (Å²) >= 11 is 0. The largest absolute Gasteiger partial charge is 0.484 e. The van der Waals surface area contributed by atoms with Crippen molar-refractivity contribution in [1.82, 2.24) is 10.3 Å². The lowest BCUT2D eigenvalue weighted by molar-refractivity contribution is -0.123. The summed E-state index contributed by atoms with van der Waals surface area (Å²) in [5.74, 6) is 2.21. The Morgan fingerprint density at radius 1 is 1.12 bits per heavy atom. The number of nitrogens with one attached hydrogen (secondary N) is 1. The molecular formula is C19H18N2O4. The first kappa shape index (κ1) is 16.6. The first-order chi connectivity index (χ1) is 12.2. The van der Waals surface area contributed by atoms with E-state index >= 15 is 0 Å². The van der Waals surface area contributed by atoms with Gasteiger partial charge in [0.1, 0.15) is 17.3 Å². The number of benzene rings is 1. The SMILES string of the molecule is C[C@H](NC(=O)COc1ccc(Oc2ccccn2)cc1)c1ccco1. The summed E-state index contributed by atoms with van der Waals surface area (Å²) in [6.07, 6.45) is 3.23. The Morgan fingerprint density at radius 3 is 2.60 bits per heavy atom. The molecule has 128 valence electrons. The number of hydrogen-bond donors (Lipinski definition) is 1. The highest BCUT2D eigenvalue weighted by molar-refractivity contribution is 5.77. The third-order valence-electron chi connectivity index (χ3n) is 3.40. The molecule has 0 radical (unpaired) electrons. The van der Waals surface area contributed by atoms with Gasteiger partial charge in [0.15, 0.2) is 6.61 Å². The van der Waals surface area contributed by atoms with E-state index in [-0.39, 0.29) is 18.6 Å². The highest BCUT2D eigenvalue weighted by Crippen LogP contribution is 2.22. The van der Waals surface area contributed by atoms with Crippen LogP contribution in [0.15, 0.2) is 71.5 Å². The van der Waals surface area contributed by atoms with Crippen LogP contribution in [0.5, 0.6) is 17.4 Å². The number of pyridine rings is 1. The third kappa shape index (κ3) is 4.84. The van der Waals surface area contributed by atoms with Gasteiger partial charge in [0.25, 0.3) is 5.91 Å². The zero-order chi connectivity index (χ0) is 17.5. The molecule has 0 aliphatic carbocycles. The Labute approximate surface area is 145 Å². The number of aromatic nitrogens is 1. The van der Waals surface area contributed by atoms with E-state index in [0.29, 0.717) is 23.1 Å². The van der Waals surface area contributed by atoms with Crippen molar-refractivity contribution in [1.29, 1.82) is 0 Å². The van der Waals surface area contributed by atoms with E-state index in [0.717, 1.165) is 0 Å². The minimum absolute atomic E-state index is 0.0779. The molecule has 2 aromatic heterocycles. The maximum absolute atomic E-state index is 11.9. The Balaban J connectivity index is 1.47. The minimum atomic E-state index is -0.224. The highest BCUT2D eigenvalue weighted by atomic mass is 16.5. The molecule has 0 saturated carbocycles. The van der Waals surface area contributed by atoms with Crippen LogP contribution < -0.4 is 14.8 Å². The number of ether oxygens (including phenoxy) is 2. The van der Waals surface area contributed by atoms with Crippen molar-refractivity contribution in [3.8, 4) is 17.4 Å². The van der Waals surface area contributed by atoms with Gasteiger partial charge in [-0.25, -0.2) is 4.98 Å². The van der Waals surface area contributed by atoms with Crippen LogP contribution in [0.25, 0.3) is 0 Å². The van der Waals surface area contributed by atoms with Crippen molar-refractivity contribution < 1.29 is 18.7 Å². The van der Waals surface area contributed by atoms with Gasteiger partial charge in [0.05, 0.1) is 12.3 Å². The molecule has 3 aromatic rings. The number of furan rings is 1. The van der Waals surface area contributed by atoms with Gasteiger partial charge in [-0.2, -0.15) is 0 Å². The summed E-state index contributed by atoms with van der Waals surface area (Å²) in [4.78, 5) is 16.0. The zero-order valence-corrected chi connectivity index (χ0v) is 13.7. The second-order valence-corrected chi connectivity index (χ2v) is 5.33. The molecule has 6 heteroatoms. The Bertz CT molecular complexity index is 786. The fourth-order valence-electron chi connectivity index (χ4n) is 2.17. The van der Waals surface area contributed by atoms with E-state index in [1.807, 2.05) is 25.1 Å². The molecule has 0 spiro atoms. The van der Waals surface area contributed by atoms with Crippen molar-refractivity contribution in [3.63, 3.8) is 0 Å². The van der Waals surface area contributed by atoms with Gasteiger partial charge in [0, 0.05) is 12.3 Å². The lowest BCUT2D eigenvalue weighted by Crippen LogP contribution is -2.31. The van der Waals surface area contributed by atoms with E-state index in [1.165, 1.54) is 0 Å². The van der Waals surface area contributed by atoms with E-state index in [9.17, 15) is 4.79 Å². The van der Waals surface area contributed by atoms with Gasteiger partial charge in [0.2, 0.25) is 5.88 Å². The van der Waals surface area contributed by atoms with E-state index in [2.05, 4.69) is 10.3 Å². The molecule has 3 rings (SSSR count). The Hall–Kier alpha value is -3.28. The van der Waals surface area contributed by atoms with Gasteiger partial charge in [-0.3, -0.25) is 4.79 Å². The van der Waals surface area contributed by atoms with Gasteiger partial charge in [-0.1, -0.05) is 6.07 Å². The van der Waals surface area contributed by atoms with Crippen LogP contribution in [0, 0.1) is 0 Å². The van der Waals surface area contributed by atoms with Crippen molar-refractivity contribution in [3.05, 3.63) is 72.8 Å². The average Bonchev–Trinajstić information content (AvgIpc) is 3.17. The molecule has 6 nitrogen and oxygen atoms in total. The summed E-state index contributed by atoms with van der Waals surface area (Å²) in [6.45, 7) is 1.77. The lowest BCUT2D eigenvalue weighted by atomic mass is 10.2. The van der Waals surface area contributed by atoms with Crippen LogP contribution in [0.4, 0.5) is 0 Å². The van der Waals surface area contributed by atoms with E-state index in [1.54, 1.807) is 48.9 Å². The average molecular weight is 338 g/mol. The van der Waals surface area contributed by atoms with Crippen LogP contribution in [-0.2, 0) is 4.79 Å². The lowest BCUT2D eigenvalue weighted by Gasteiger charge is -2.12. The van der Waals surface area contributed by atoms with Crippen LogP contribution >= 0.6 is 0 Å². The van der Waals surface area contributed by atoms with Crippen molar-refractivity contribution >= 4 is 5.91 Å². The van der Waals surface area contributed by atoms with Crippen LogP contribution in [0.2, 0.25) is 0 Å². The fraction of sp³-hybridized carbons (Fsp3) is 0.158. The smallest absolute Gasteiger partial charge is 0.258 e. The summed E-state index contributed by atoms with van der Waals surface area (Å²) in [7, 11) is 0. The molecule has 1 N–H and O–H groups in total. The first-order valence-corrected chi connectivity index (χ1v) is 7.85. The third-order valence-corrected chi connectivity index (χ3v) is 3.40. The molecule has 0 unspecified atom stereocenters. The molecule has 1 atom stereocenters. The number of carbonyl (C=O) groups is 1. The van der Waals surface area contributed by atoms with E-state index < -0.39 is 0 Å². The van der Waals surface area contributed by atoms with Gasteiger partial charge >= 0.3 is 0 Å². The molecule has 0 aliphatic rings. The van der Waals surface area contributed by atoms with Crippen molar-refractivity contribution in [2.75, 3.05) is 6.61 Å². The highest BCUT2D eigenvalue weighted by Gasteiger charge is 2.12. The molecule has 2 heterocycles. The molecule has 25 heavy (non-hydrogen) atoms. The maximum Gasteiger partial charge on any atom is 0.258 e. The first-order valence-electron chi connectivity index (χ1n) is 7.85. The van der Waals surface area contributed by atoms with Crippen LogP contribution in [0.3, 0.4) is 0 Å². The number of amides is 1. The molecule has 0 saturated heterocycles. The predicted molar refractivity (Wildman–Crippen MR) is 91.5 cm³/mol. The summed E-state index contributed by atoms with van der Waals surface area (Å²) in [6, 6.07) is 15.8. The summed E-state index contributed by atoms with van der Waals surface area (Å²) in [5, 5.41) is 2.81. The van der Waals surface area contributed by atoms with Crippen molar-refractivity contribution in [2.45, 2.75) is 13.0 Å². The van der Waals surface area contributed by atoms with E-state index in [4.69, 9.17) is 13.9 Å². The zero-order valence-electron chi connectivity index (χ0n) is 13.7. The molecule has 0 fully saturated rings. The maximum atomic E-state index is 11.9. The van der Waals surface area contributed by atoms with Crippen molar-refractivity contribution in [2.24, 2.45) is 0 Å². The van der Waals surface area contributed by atoms with Gasteiger partial charge in [-0.15, -0.1) is 0 Å². The molecule has 0 aliphatic heterocycles. The standard InChI is InChI=1S/C19H18N2O4/c1-14(17-5-4-12-23-17)21-18(22)13-24-15-7-9-16(10-8-15)25-19-6-2-3-11-20-19/h2-12,14H,13H2,1H3,(H,21,22)/t14-/m0/s1. The summed E-state index contributed by atoms with van der Waals surface area (Å²) < 4.78 is 16.3. The predicted octanol–water partition coefficient (Wildman–Crippen LogP) is 3.72. The normalized spacial score (nSPS) is 11.6.